The van der Waals surface area contributed by atoms with Crippen LogP contribution in [-0.4, -0.2) is 46.3 Å². The number of hydrogen-bond donors (Lipinski definition) is 1. The molecule has 0 bridgehead atoms. The Labute approximate surface area is 168 Å². The average Bonchev–Trinajstić information content (AvgIpc) is 3.11. The van der Waals surface area contributed by atoms with Crippen molar-refractivity contribution >= 4 is 34.9 Å². The van der Waals surface area contributed by atoms with Crippen LogP contribution in [0, 0.1) is 0 Å². The van der Waals surface area contributed by atoms with Gasteiger partial charge in [-0.15, -0.1) is 11.6 Å². The highest BCUT2D eigenvalue weighted by molar-refractivity contribution is 6.17. The molecule has 1 amide bonds. The van der Waals surface area contributed by atoms with Gasteiger partial charge in [0.25, 0.3) is 0 Å². The third-order valence-corrected chi connectivity index (χ3v) is 4.79. The Balaban J connectivity index is 0.000000706. The van der Waals surface area contributed by atoms with Crippen LogP contribution in [-0.2, 0) is 20.7 Å². The maximum atomic E-state index is 12.3. The second-order valence-corrected chi connectivity index (χ2v) is 6.84. The molecule has 0 spiro atoms. The van der Waals surface area contributed by atoms with Gasteiger partial charge in [0.1, 0.15) is 6.04 Å². The Morgan fingerprint density at radius 2 is 2.00 bits per heavy atom. The van der Waals surface area contributed by atoms with Crippen molar-refractivity contribution in [2.24, 2.45) is 0 Å². The molecule has 0 radical (unpaired) electrons. The Bertz CT molecular complexity index is 958. The molecular formula is C21H22ClN3O3. The summed E-state index contributed by atoms with van der Waals surface area (Å²) in [5.41, 5.74) is 3.86. The monoisotopic (exact) mass is 399 g/mol. The molecule has 0 fully saturated rings. The van der Waals surface area contributed by atoms with E-state index >= 15 is 0 Å². The number of alkyl halides is 1. The summed E-state index contributed by atoms with van der Waals surface area (Å²) in [5.74, 6) is 0.307. The molecule has 7 heteroatoms. The zero-order valence-electron chi connectivity index (χ0n) is 15.8. The molecule has 6 nitrogen and oxygen atoms in total. The van der Waals surface area contributed by atoms with Gasteiger partial charge >= 0.3 is 5.97 Å². The SMILES string of the molecule is CCCl.COC(=O)[C@@H]1Cc2c([nH]c3ccccc23)C(c2ccncc2)N1C=O. The second-order valence-electron chi connectivity index (χ2n) is 6.31. The zero-order chi connectivity index (χ0) is 20.1. The standard InChI is InChI=1S/C19H17N3O3.C2H5Cl/c1-25-19(24)16-10-14-13-4-2-3-5-15(13)21-17(14)18(22(16)11-23)12-6-8-20-9-7-12;1-2-3/h2-9,11,16,18,21H,10H2,1H3;2H2,1H3/t16-,18?;/m0./s1. The van der Waals surface area contributed by atoms with Gasteiger partial charge in [0.05, 0.1) is 13.2 Å². The number of esters is 1. The summed E-state index contributed by atoms with van der Waals surface area (Å²) in [6.07, 6.45) is 4.51. The largest absolute Gasteiger partial charge is 0.467 e. The van der Waals surface area contributed by atoms with Gasteiger partial charge in [-0.05, 0) is 29.3 Å². The van der Waals surface area contributed by atoms with E-state index in [1.165, 1.54) is 12.0 Å². The lowest BCUT2D eigenvalue weighted by Gasteiger charge is -2.38. The summed E-state index contributed by atoms with van der Waals surface area (Å²) >= 11 is 5.00. The van der Waals surface area contributed by atoms with E-state index in [0.29, 0.717) is 6.42 Å². The molecular weight excluding hydrogens is 378 g/mol. The molecule has 2 aromatic heterocycles. The van der Waals surface area contributed by atoms with Crippen LogP contribution < -0.4 is 0 Å². The van der Waals surface area contributed by atoms with Gasteiger partial charge in [-0.3, -0.25) is 9.78 Å². The number of halogens is 1. The lowest BCUT2D eigenvalue weighted by molar-refractivity contribution is -0.151. The van der Waals surface area contributed by atoms with Gasteiger partial charge < -0.3 is 14.6 Å². The van der Waals surface area contributed by atoms with Crippen LogP contribution in [0.1, 0.15) is 29.8 Å². The van der Waals surface area contributed by atoms with Crippen molar-refractivity contribution in [3.63, 3.8) is 0 Å². The maximum absolute atomic E-state index is 12.3. The lowest BCUT2D eigenvalue weighted by atomic mass is 9.89. The number of ether oxygens (including phenoxy) is 1. The summed E-state index contributed by atoms with van der Waals surface area (Å²) in [6, 6.07) is 10.6. The number of nitrogens with zero attached hydrogens (tertiary/aromatic N) is 2. The summed E-state index contributed by atoms with van der Waals surface area (Å²) < 4.78 is 4.95. The summed E-state index contributed by atoms with van der Waals surface area (Å²) in [5, 5.41) is 1.07. The Morgan fingerprint density at radius 1 is 1.32 bits per heavy atom. The van der Waals surface area contributed by atoms with Crippen LogP contribution in [0.15, 0.2) is 48.8 Å². The first-order chi connectivity index (χ1) is 13.7. The maximum Gasteiger partial charge on any atom is 0.328 e. The van der Waals surface area contributed by atoms with Crippen LogP contribution in [0.25, 0.3) is 10.9 Å². The first kappa shape index (κ1) is 19.9. The minimum atomic E-state index is -0.660. The number of amides is 1. The minimum Gasteiger partial charge on any atom is -0.467 e. The number of pyridine rings is 1. The number of hydrogen-bond acceptors (Lipinski definition) is 4. The van der Waals surface area contributed by atoms with Gasteiger partial charge in [-0.25, -0.2) is 4.79 Å². The van der Waals surface area contributed by atoms with Crippen molar-refractivity contribution < 1.29 is 14.3 Å². The van der Waals surface area contributed by atoms with E-state index in [0.717, 1.165) is 40.0 Å². The van der Waals surface area contributed by atoms with Crippen molar-refractivity contribution in [3.05, 3.63) is 65.6 Å². The van der Waals surface area contributed by atoms with E-state index in [1.54, 1.807) is 12.4 Å². The predicted molar refractivity (Wildman–Crippen MR) is 108 cm³/mol. The number of aromatic amines is 1. The molecule has 1 N–H and O–H groups in total. The lowest BCUT2D eigenvalue weighted by Crippen LogP contribution is -2.48. The molecule has 1 unspecified atom stereocenters. The first-order valence-electron chi connectivity index (χ1n) is 9.02. The summed E-state index contributed by atoms with van der Waals surface area (Å²) in [7, 11) is 1.34. The molecule has 3 heterocycles. The fourth-order valence-corrected chi connectivity index (χ4v) is 3.66. The highest BCUT2D eigenvalue weighted by Gasteiger charge is 2.40. The Morgan fingerprint density at radius 3 is 2.64 bits per heavy atom. The molecule has 1 aromatic carbocycles. The Hall–Kier alpha value is -2.86. The summed E-state index contributed by atoms with van der Waals surface area (Å²) in [4.78, 5) is 33.2. The van der Waals surface area contributed by atoms with E-state index < -0.39 is 12.0 Å². The smallest absolute Gasteiger partial charge is 0.328 e. The number of H-pyrrole nitrogens is 1. The molecule has 2 atom stereocenters. The molecule has 146 valence electrons. The number of methoxy groups -OCH3 is 1. The van der Waals surface area contributed by atoms with E-state index in [9.17, 15) is 9.59 Å². The molecule has 0 saturated heterocycles. The van der Waals surface area contributed by atoms with E-state index in [2.05, 4.69) is 9.97 Å². The average molecular weight is 400 g/mol. The van der Waals surface area contributed by atoms with E-state index in [1.807, 2.05) is 43.3 Å². The number of carbonyl (C=O) groups is 2. The quantitative estimate of drug-likeness (QED) is 0.416. The normalized spacial score (nSPS) is 18.0. The van der Waals surface area contributed by atoms with Gasteiger partial charge in [0, 0.05) is 41.3 Å². The van der Waals surface area contributed by atoms with Gasteiger partial charge in [0.2, 0.25) is 6.41 Å². The third kappa shape index (κ3) is 3.60. The predicted octanol–water partition coefficient (Wildman–Crippen LogP) is 3.45. The summed E-state index contributed by atoms with van der Waals surface area (Å²) in [6.45, 7) is 1.89. The molecule has 1 aliphatic heterocycles. The Kier molecular flexibility index (Phi) is 6.31. The van der Waals surface area contributed by atoms with Crippen LogP contribution in [0.2, 0.25) is 0 Å². The van der Waals surface area contributed by atoms with Crippen LogP contribution >= 0.6 is 11.6 Å². The van der Waals surface area contributed by atoms with Crippen molar-refractivity contribution in [3.8, 4) is 0 Å². The molecule has 0 aliphatic carbocycles. The van der Waals surface area contributed by atoms with Gasteiger partial charge in [-0.1, -0.05) is 25.1 Å². The highest BCUT2D eigenvalue weighted by atomic mass is 35.5. The van der Waals surface area contributed by atoms with Crippen molar-refractivity contribution in [2.45, 2.75) is 25.4 Å². The van der Waals surface area contributed by atoms with E-state index in [-0.39, 0.29) is 6.04 Å². The molecule has 3 aromatic rings. The number of para-hydroxylation sites is 1. The number of carbonyl (C=O) groups excluding carboxylic acids is 2. The second kappa shape index (κ2) is 8.89. The van der Waals surface area contributed by atoms with Crippen LogP contribution in [0.3, 0.4) is 0 Å². The van der Waals surface area contributed by atoms with Gasteiger partial charge in [0.15, 0.2) is 0 Å². The molecule has 1 aliphatic rings. The van der Waals surface area contributed by atoms with Gasteiger partial charge in [-0.2, -0.15) is 0 Å². The number of rotatable bonds is 3. The van der Waals surface area contributed by atoms with Crippen molar-refractivity contribution in [1.29, 1.82) is 0 Å². The topological polar surface area (TPSA) is 75.3 Å². The highest BCUT2D eigenvalue weighted by Crippen LogP contribution is 2.40. The number of nitrogens with one attached hydrogen (secondary N) is 1. The number of aromatic nitrogens is 2. The molecule has 0 saturated carbocycles. The number of benzene rings is 1. The van der Waals surface area contributed by atoms with Crippen LogP contribution in [0.5, 0.6) is 0 Å². The fourth-order valence-electron chi connectivity index (χ4n) is 3.66. The fraction of sp³-hybridized carbons (Fsp3) is 0.286. The third-order valence-electron chi connectivity index (χ3n) is 4.79. The number of fused-ring (bicyclic) bond motifs is 3. The molecule has 28 heavy (non-hydrogen) atoms. The van der Waals surface area contributed by atoms with Crippen molar-refractivity contribution in [1.82, 2.24) is 14.9 Å². The first-order valence-corrected chi connectivity index (χ1v) is 9.55. The minimum absolute atomic E-state index is 0.388. The zero-order valence-corrected chi connectivity index (χ0v) is 16.5. The van der Waals surface area contributed by atoms with Crippen molar-refractivity contribution in [2.75, 3.05) is 13.0 Å². The van der Waals surface area contributed by atoms with Crippen LogP contribution in [0.4, 0.5) is 0 Å². The molecule has 4 rings (SSSR count). The van der Waals surface area contributed by atoms with E-state index in [4.69, 9.17) is 16.3 Å².